The fraction of sp³-hybridized carbons (Fsp3) is 0.394. The van der Waals surface area contributed by atoms with Crippen LogP contribution in [-0.4, -0.2) is 81.6 Å². The Balaban J connectivity index is 1.14. The van der Waals surface area contributed by atoms with Crippen molar-refractivity contribution in [3.8, 4) is 11.5 Å². The van der Waals surface area contributed by atoms with Gasteiger partial charge in [-0.2, -0.15) is 0 Å². The highest BCUT2D eigenvalue weighted by molar-refractivity contribution is 6.01. The van der Waals surface area contributed by atoms with Gasteiger partial charge in [0, 0.05) is 44.8 Å². The van der Waals surface area contributed by atoms with Crippen LogP contribution in [0.5, 0.6) is 11.5 Å². The molecule has 2 atom stereocenters. The lowest BCUT2D eigenvalue weighted by atomic mass is 9.75. The highest BCUT2D eigenvalue weighted by Gasteiger charge is 2.46. The first kappa shape index (κ1) is 28.0. The van der Waals surface area contributed by atoms with Crippen molar-refractivity contribution in [3.63, 3.8) is 0 Å². The highest BCUT2D eigenvalue weighted by Crippen LogP contribution is 2.48. The molecule has 9 heteroatoms. The number of anilines is 1. The van der Waals surface area contributed by atoms with Gasteiger partial charge in [0.25, 0.3) is 5.91 Å². The van der Waals surface area contributed by atoms with Gasteiger partial charge >= 0.3 is 0 Å². The summed E-state index contributed by atoms with van der Waals surface area (Å²) in [5, 5.41) is 3.19. The van der Waals surface area contributed by atoms with Gasteiger partial charge < -0.3 is 24.6 Å². The third kappa shape index (κ3) is 5.17. The maximum atomic E-state index is 14.2. The van der Waals surface area contributed by atoms with Crippen molar-refractivity contribution in [3.05, 3.63) is 88.7 Å². The van der Waals surface area contributed by atoms with E-state index >= 15 is 0 Å². The lowest BCUT2D eigenvalue weighted by Gasteiger charge is -2.45. The molecule has 0 radical (unpaired) electrons. The Bertz CT molecular complexity index is 1470. The van der Waals surface area contributed by atoms with Crippen LogP contribution in [0, 0.1) is 5.82 Å². The smallest absolute Gasteiger partial charge is 0.254 e. The highest BCUT2D eigenvalue weighted by atomic mass is 19.1. The average Bonchev–Trinajstić information content (AvgIpc) is 3.03. The van der Waals surface area contributed by atoms with E-state index in [0.29, 0.717) is 42.3 Å². The molecule has 3 aliphatic rings. The summed E-state index contributed by atoms with van der Waals surface area (Å²) in [5.74, 6) is 0.366. The van der Waals surface area contributed by atoms with Crippen LogP contribution in [0.1, 0.15) is 45.4 Å². The standard InChI is InChI=1S/C33H37FN4O4/c1-41-28-20-22-12-15-38-31(25(22)21-29(28)42-2)30(23-8-3-4-9-24(23)33(38)40)32(39)35-13-7-14-36-16-18-37(19-17-36)27-11-6-5-10-26(27)34/h3-6,8-11,20-21,30-31H,7,12-19H2,1-2H3,(H,35,39)/t30-,31-/m1/s1. The summed E-state index contributed by atoms with van der Waals surface area (Å²) in [5.41, 5.74) is 3.99. The lowest BCUT2D eigenvalue weighted by Crippen LogP contribution is -2.50. The number of hydrogen-bond donors (Lipinski definition) is 1. The number of piperazine rings is 1. The lowest BCUT2D eigenvalue weighted by molar-refractivity contribution is -0.124. The molecule has 1 fully saturated rings. The minimum Gasteiger partial charge on any atom is -0.493 e. The van der Waals surface area contributed by atoms with Crippen molar-refractivity contribution in [2.45, 2.75) is 24.8 Å². The van der Waals surface area contributed by atoms with Gasteiger partial charge in [0.05, 0.1) is 31.9 Å². The van der Waals surface area contributed by atoms with Gasteiger partial charge in [0.1, 0.15) is 5.82 Å². The minimum atomic E-state index is -0.541. The molecule has 0 bridgehead atoms. The van der Waals surface area contributed by atoms with Crippen molar-refractivity contribution < 1.29 is 23.5 Å². The second-order valence-corrected chi connectivity index (χ2v) is 11.1. The molecule has 3 aliphatic heterocycles. The number of halogens is 1. The quantitative estimate of drug-likeness (QED) is 0.412. The molecule has 3 heterocycles. The third-order valence-electron chi connectivity index (χ3n) is 8.82. The summed E-state index contributed by atoms with van der Waals surface area (Å²) in [4.78, 5) is 33.8. The van der Waals surface area contributed by atoms with Gasteiger partial charge in [0.15, 0.2) is 11.5 Å². The summed E-state index contributed by atoms with van der Waals surface area (Å²) in [6.45, 7) is 5.14. The number of fused-ring (bicyclic) bond motifs is 4. The maximum absolute atomic E-state index is 14.2. The van der Waals surface area contributed by atoms with Crippen LogP contribution in [0.3, 0.4) is 0 Å². The van der Waals surface area contributed by atoms with E-state index in [1.807, 2.05) is 53.4 Å². The van der Waals surface area contributed by atoms with Gasteiger partial charge in [-0.3, -0.25) is 14.5 Å². The Labute approximate surface area is 246 Å². The number of ether oxygens (including phenoxy) is 2. The number of carbonyl (C=O) groups excluding carboxylic acids is 2. The van der Waals surface area contributed by atoms with E-state index in [9.17, 15) is 14.0 Å². The second-order valence-electron chi connectivity index (χ2n) is 11.1. The first-order chi connectivity index (χ1) is 20.5. The first-order valence-corrected chi connectivity index (χ1v) is 14.6. The van der Waals surface area contributed by atoms with Crippen molar-refractivity contribution in [1.29, 1.82) is 0 Å². The van der Waals surface area contributed by atoms with E-state index in [1.54, 1.807) is 20.3 Å². The van der Waals surface area contributed by atoms with E-state index in [2.05, 4.69) is 15.1 Å². The fourth-order valence-corrected chi connectivity index (χ4v) is 6.68. The molecule has 0 saturated carbocycles. The predicted octanol–water partition coefficient (Wildman–Crippen LogP) is 4.01. The number of nitrogens with one attached hydrogen (secondary N) is 1. The van der Waals surface area contributed by atoms with Crippen molar-refractivity contribution >= 4 is 17.5 Å². The summed E-state index contributed by atoms with van der Waals surface area (Å²) >= 11 is 0. The number of para-hydroxylation sites is 1. The predicted molar refractivity (Wildman–Crippen MR) is 159 cm³/mol. The Hall–Kier alpha value is -4.11. The molecule has 3 aromatic carbocycles. The third-order valence-corrected chi connectivity index (χ3v) is 8.82. The summed E-state index contributed by atoms with van der Waals surface area (Å²) in [6, 6.07) is 17.8. The number of nitrogens with zero attached hydrogens (tertiary/aromatic N) is 3. The van der Waals surface area contributed by atoms with E-state index in [4.69, 9.17) is 9.47 Å². The first-order valence-electron chi connectivity index (χ1n) is 14.6. The zero-order chi connectivity index (χ0) is 29.2. The molecule has 1 N–H and O–H groups in total. The summed E-state index contributed by atoms with van der Waals surface area (Å²) in [6.07, 6.45) is 1.48. The molecule has 0 aliphatic carbocycles. The van der Waals surface area contributed by atoms with Gasteiger partial charge in [-0.25, -0.2) is 4.39 Å². The number of amides is 2. The molecule has 1 saturated heterocycles. The Morgan fingerprint density at radius 3 is 2.40 bits per heavy atom. The molecule has 220 valence electrons. The molecule has 2 amide bonds. The number of rotatable bonds is 8. The van der Waals surface area contributed by atoms with Gasteiger partial charge in [-0.15, -0.1) is 0 Å². The number of benzene rings is 3. The maximum Gasteiger partial charge on any atom is 0.254 e. The van der Waals surface area contributed by atoms with Gasteiger partial charge in [0.2, 0.25) is 5.91 Å². The minimum absolute atomic E-state index is 0.0467. The van der Waals surface area contributed by atoms with Crippen LogP contribution in [0.25, 0.3) is 0 Å². The number of hydrogen-bond acceptors (Lipinski definition) is 6. The summed E-state index contributed by atoms with van der Waals surface area (Å²) in [7, 11) is 3.20. The molecule has 42 heavy (non-hydrogen) atoms. The molecule has 0 unspecified atom stereocenters. The monoisotopic (exact) mass is 572 g/mol. The topological polar surface area (TPSA) is 74.4 Å². The van der Waals surface area contributed by atoms with E-state index < -0.39 is 12.0 Å². The number of carbonyl (C=O) groups is 2. The Morgan fingerprint density at radius 2 is 1.64 bits per heavy atom. The average molecular weight is 573 g/mol. The zero-order valence-corrected chi connectivity index (χ0v) is 24.1. The largest absolute Gasteiger partial charge is 0.493 e. The summed E-state index contributed by atoms with van der Waals surface area (Å²) < 4.78 is 25.3. The second kappa shape index (κ2) is 12.0. The van der Waals surface area contributed by atoms with Crippen LogP contribution in [0.2, 0.25) is 0 Å². The molecule has 0 spiro atoms. The molecular weight excluding hydrogens is 535 g/mol. The van der Waals surface area contributed by atoms with E-state index in [-0.39, 0.29) is 17.6 Å². The van der Waals surface area contributed by atoms with Crippen LogP contribution in [-0.2, 0) is 11.2 Å². The molecule has 6 rings (SSSR count). The van der Waals surface area contributed by atoms with E-state index in [1.165, 1.54) is 6.07 Å². The normalized spacial score (nSPS) is 19.9. The molecule has 0 aromatic heterocycles. The van der Waals surface area contributed by atoms with Gasteiger partial charge in [-0.1, -0.05) is 30.3 Å². The van der Waals surface area contributed by atoms with Crippen molar-refractivity contribution in [2.24, 2.45) is 0 Å². The Kier molecular flexibility index (Phi) is 8.02. The van der Waals surface area contributed by atoms with Crippen LogP contribution >= 0.6 is 0 Å². The number of methoxy groups -OCH3 is 2. The molecule has 8 nitrogen and oxygen atoms in total. The van der Waals surface area contributed by atoms with Crippen LogP contribution in [0.4, 0.5) is 10.1 Å². The molecule has 3 aromatic rings. The van der Waals surface area contributed by atoms with E-state index in [0.717, 1.165) is 55.8 Å². The van der Waals surface area contributed by atoms with Gasteiger partial charge in [-0.05, 0) is 66.4 Å². The van der Waals surface area contributed by atoms with Crippen molar-refractivity contribution in [1.82, 2.24) is 15.1 Å². The van der Waals surface area contributed by atoms with Crippen LogP contribution < -0.4 is 19.7 Å². The van der Waals surface area contributed by atoms with Crippen LogP contribution in [0.15, 0.2) is 60.7 Å². The van der Waals surface area contributed by atoms with Crippen molar-refractivity contribution in [2.75, 3.05) is 64.9 Å². The fourth-order valence-electron chi connectivity index (χ4n) is 6.68. The zero-order valence-electron chi connectivity index (χ0n) is 24.1. The SMILES string of the molecule is COc1cc2c(cc1OC)[C@@H]1[C@H](C(=O)NCCCN3CCN(c4ccccc4F)CC3)c3ccccc3C(=O)N1CC2. The Morgan fingerprint density at radius 1 is 0.929 bits per heavy atom. The molecular formula is C33H37FN4O4.